The second-order valence-corrected chi connectivity index (χ2v) is 21.7. The zero-order valence-electron chi connectivity index (χ0n) is 50.6. The SMILES string of the molecule is CC.CC.[C-]#[N+]/C(C#N)=C1\Sc2c(OC(=O)C3CCC(C(=O)Oc4ccc(CCOC(=O)CCC(=O)OCCOC(=O)C=C)cc4)CC3)cc(C)c(OC(=O)C3CCC(C(=O)Oc4ccc(CCOC(=O)CCC(=O)OCCOC(=O)C=C)cc4)CC3)c2S1. The third-order valence-electron chi connectivity index (χ3n) is 13.5. The number of nitrogens with zero attached hydrogens (tertiary/aromatic N) is 2. The van der Waals surface area contributed by atoms with Crippen LogP contribution in [0.5, 0.6) is 23.0 Å². The van der Waals surface area contributed by atoms with Crippen molar-refractivity contribution in [1.82, 2.24) is 0 Å². The van der Waals surface area contributed by atoms with Crippen molar-refractivity contribution >= 4 is 83.2 Å². The van der Waals surface area contributed by atoms with Crippen LogP contribution in [0.3, 0.4) is 0 Å². The van der Waals surface area contributed by atoms with Gasteiger partial charge in [0.25, 0.3) is 5.70 Å². The lowest BCUT2D eigenvalue weighted by Crippen LogP contribution is -2.31. The highest BCUT2D eigenvalue weighted by molar-refractivity contribution is 8.24. The number of allylic oxidation sites excluding steroid dienone is 1. The van der Waals surface area contributed by atoms with Crippen molar-refractivity contribution < 1.29 is 95.3 Å². The molecule has 3 aromatic rings. The van der Waals surface area contributed by atoms with E-state index in [1.54, 1.807) is 61.5 Å². The molecule has 3 aliphatic rings. The van der Waals surface area contributed by atoms with E-state index in [0.29, 0.717) is 95.3 Å². The number of esters is 10. The molecule has 0 spiro atoms. The fourth-order valence-corrected chi connectivity index (χ4v) is 11.4. The summed E-state index contributed by atoms with van der Waals surface area (Å²) in [5, 5.41) is 9.75. The largest absolute Gasteiger partial charge is 0.465 e. The van der Waals surface area contributed by atoms with Crippen molar-refractivity contribution in [3.63, 3.8) is 0 Å². The fraction of sp³-hybridized carbons (Fsp3) is 0.446. The summed E-state index contributed by atoms with van der Waals surface area (Å²) in [6.07, 6.45) is 4.74. The molecule has 22 nitrogen and oxygen atoms in total. The van der Waals surface area contributed by atoms with Gasteiger partial charge in [0, 0.05) is 25.0 Å². The van der Waals surface area contributed by atoms with Gasteiger partial charge in [0.1, 0.15) is 49.4 Å². The molecule has 2 fully saturated rings. The topological polar surface area (TPSA) is 291 Å². The number of aryl methyl sites for hydroxylation is 1. The molecule has 1 aliphatic heterocycles. The average molecular weight is 1270 g/mol. The predicted octanol–water partition coefficient (Wildman–Crippen LogP) is 10.8. The van der Waals surface area contributed by atoms with Gasteiger partial charge in [-0.25, -0.2) is 19.7 Å². The van der Waals surface area contributed by atoms with E-state index < -0.39 is 83.4 Å². The van der Waals surface area contributed by atoms with Gasteiger partial charge in [-0.2, -0.15) is 0 Å². The number of fused-ring (bicyclic) bond motifs is 1. The molecule has 0 amide bonds. The van der Waals surface area contributed by atoms with Gasteiger partial charge < -0.3 is 47.4 Å². The summed E-state index contributed by atoms with van der Waals surface area (Å²) >= 11 is 2.13. The van der Waals surface area contributed by atoms with Crippen LogP contribution in [0.25, 0.3) is 4.85 Å². The minimum Gasteiger partial charge on any atom is -0.465 e. The number of carbonyl (C=O) groups excluding carboxylic acids is 10. The highest BCUT2D eigenvalue weighted by atomic mass is 32.2. The van der Waals surface area contributed by atoms with Gasteiger partial charge in [-0.05, 0) is 105 Å². The smallest absolute Gasteiger partial charge is 0.330 e. The maximum Gasteiger partial charge on any atom is 0.330 e. The number of nitriles is 1. The lowest BCUT2D eigenvalue weighted by molar-refractivity contribution is -0.152. The quantitative estimate of drug-likeness (QED) is 0.0124. The molecule has 476 valence electrons. The number of hydrogen-bond donors (Lipinski definition) is 0. The van der Waals surface area contributed by atoms with E-state index in [-0.39, 0.29) is 82.5 Å². The first kappa shape index (κ1) is 72.7. The average Bonchev–Trinajstić information content (AvgIpc) is 2.90. The van der Waals surface area contributed by atoms with Crippen LogP contribution >= 0.6 is 23.5 Å². The van der Waals surface area contributed by atoms with Crippen LogP contribution in [0.2, 0.25) is 0 Å². The Hall–Kier alpha value is -8.74. The minimum atomic E-state index is -0.644. The van der Waals surface area contributed by atoms with Crippen LogP contribution in [0, 0.1) is 48.5 Å². The maximum atomic E-state index is 13.8. The summed E-state index contributed by atoms with van der Waals surface area (Å²) < 4.78 is 53.4. The van der Waals surface area contributed by atoms with Crippen molar-refractivity contribution in [2.45, 2.75) is 134 Å². The number of carbonyl (C=O) groups is 10. The Morgan fingerprint density at radius 3 is 1.21 bits per heavy atom. The van der Waals surface area contributed by atoms with Gasteiger partial charge in [0.2, 0.25) is 0 Å². The summed E-state index contributed by atoms with van der Waals surface area (Å²) in [5.41, 5.74) is 1.89. The first-order valence-corrected chi connectivity index (χ1v) is 30.9. The Labute approximate surface area is 526 Å². The Bertz CT molecular complexity index is 3090. The van der Waals surface area contributed by atoms with E-state index >= 15 is 0 Å². The van der Waals surface area contributed by atoms with Gasteiger partial charge >= 0.3 is 59.7 Å². The summed E-state index contributed by atoms with van der Waals surface area (Å²) in [6, 6.07) is 16.9. The molecule has 0 aromatic heterocycles. The van der Waals surface area contributed by atoms with E-state index in [9.17, 15) is 53.2 Å². The standard InChI is InChI=1S/C61H62N2O20S2.2C2H6/c1-5-48(64)76-31-33-78-52(68)25-23-50(66)74-29-27-38-7-19-44(20-8-38)80-57(70)40-11-15-42(16-12-40)59(72)82-47-35-37(3)54(56-55(47)84-61(85-56)46(36-62)63-4)83-60(73)43-17-13-41(14-18-43)58(71)81-45-21-9-39(10-22-45)28-30-75-51(67)24-26-53(69)79-34-32-77-49(65)6-2;2*1-2/h5-10,19-22,35,40-43H,1-2,11-18,23-34H2,3H3;2*1-2H3/b61-46+;;. The molecule has 0 saturated heterocycles. The summed E-state index contributed by atoms with van der Waals surface area (Å²) in [6.45, 7) is 23.3. The third-order valence-corrected chi connectivity index (χ3v) is 16.1. The molecule has 0 atom stereocenters. The number of benzene rings is 3. The molecule has 3 aromatic carbocycles. The van der Waals surface area contributed by atoms with Crippen LogP contribution < -0.4 is 18.9 Å². The van der Waals surface area contributed by atoms with Crippen LogP contribution in [0.4, 0.5) is 0 Å². The summed E-state index contributed by atoms with van der Waals surface area (Å²) in [7, 11) is 0. The maximum absolute atomic E-state index is 13.8. The molecule has 2 saturated carbocycles. The van der Waals surface area contributed by atoms with Gasteiger partial charge in [-0.15, -0.1) is 0 Å². The van der Waals surface area contributed by atoms with Crippen LogP contribution in [-0.2, 0) is 89.2 Å². The van der Waals surface area contributed by atoms with E-state index in [1.807, 2.05) is 33.8 Å². The van der Waals surface area contributed by atoms with Crippen molar-refractivity contribution in [1.29, 1.82) is 5.26 Å². The molecule has 0 N–H and O–H groups in total. The number of thioether (sulfide) groups is 2. The van der Waals surface area contributed by atoms with Crippen molar-refractivity contribution in [3.05, 3.63) is 118 Å². The highest BCUT2D eigenvalue weighted by Gasteiger charge is 2.37. The van der Waals surface area contributed by atoms with E-state index in [2.05, 4.69) is 18.0 Å². The number of ether oxygens (including phenoxy) is 10. The Kier molecular flexibility index (Phi) is 32.0. The van der Waals surface area contributed by atoms with Gasteiger partial charge in [-0.3, -0.25) is 38.4 Å². The van der Waals surface area contributed by atoms with E-state index in [0.717, 1.165) is 46.8 Å². The molecule has 1 heterocycles. The summed E-state index contributed by atoms with van der Waals surface area (Å²) in [5.74, 6) is -6.72. The second-order valence-electron chi connectivity index (χ2n) is 19.4. The molecule has 0 radical (unpaired) electrons. The van der Waals surface area contributed by atoms with Crippen molar-refractivity contribution in [3.8, 4) is 29.1 Å². The fourth-order valence-electron chi connectivity index (χ4n) is 8.86. The highest BCUT2D eigenvalue weighted by Crippen LogP contribution is 2.60. The van der Waals surface area contributed by atoms with Gasteiger partial charge in [0.15, 0.2) is 0 Å². The Morgan fingerprint density at radius 2 is 0.854 bits per heavy atom. The monoisotopic (exact) mass is 1270 g/mol. The summed E-state index contributed by atoms with van der Waals surface area (Å²) in [4.78, 5) is 128. The second kappa shape index (κ2) is 39.2. The van der Waals surface area contributed by atoms with Crippen LogP contribution in [-0.4, -0.2) is 99.3 Å². The van der Waals surface area contributed by atoms with Crippen LogP contribution in [0.15, 0.2) is 99.6 Å². The molecular formula is C65H74N2O20S2. The normalized spacial score (nSPS) is 16.7. The molecule has 24 heteroatoms. The lowest BCUT2D eigenvalue weighted by atomic mass is 9.82. The molecule has 2 aliphatic carbocycles. The first-order chi connectivity index (χ1) is 43.0. The lowest BCUT2D eigenvalue weighted by Gasteiger charge is -2.27. The predicted molar refractivity (Wildman–Crippen MR) is 323 cm³/mol. The number of rotatable bonds is 28. The molecule has 0 unspecified atom stereocenters. The molecule has 89 heavy (non-hydrogen) atoms. The van der Waals surface area contributed by atoms with Crippen molar-refractivity contribution in [2.24, 2.45) is 23.7 Å². The molecule has 6 rings (SSSR count). The van der Waals surface area contributed by atoms with Gasteiger partial charge in [-0.1, -0.05) is 88.6 Å². The van der Waals surface area contributed by atoms with Gasteiger partial charge in [0.05, 0.1) is 89.2 Å². The molecular weight excluding hydrogens is 1190 g/mol. The van der Waals surface area contributed by atoms with Crippen molar-refractivity contribution in [2.75, 3.05) is 39.6 Å². The number of hydrogen-bond acceptors (Lipinski definition) is 23. The zero-order chi connectivity index (χ0) is 65.3. The Balaban J connectivity index is 0.00000414. The molecule has 0 bridgehead atoms. The van der Waals surface area contributed by atoms with Crippen LogP contribution in [0.1, 0.15) is 121 Å². The minimum absolute atomic E-state index is 0.0519. The first-order valence-electron chi connectivity index (χ1n) is 29.3. The third kappa shape index (κ3) is 24.4. The zero-order valence-corrected chi connectivity index (χ0v) is 52.2. The van der Waals surface area contributed by atoms with E-state index in [1.165, 1.54) is 0 Å². The van der Waals surface area contributed by atoms with E-state index in [4.69, 9.17) is 53.9 Å². The Morgan fingerprint density at radius 1 is 0.517 bits per heavy atom.